The number of aliphatic hydroxyl groups is 1. The van der Waals surface area contributed by atoms with E-state index in [9.17, 15) is 0 Å². The Morgan fingerprint density at radius 3 is 2.50 bits per heavy atom. The third kappa shape index (κ3) is 9.08. The number of aliphatic hydroxyl groups excluding tert-OH is 1. The molecule has 0 heterocycles. The smallest absolute Gasteiger partial charge is 0.0793 e. The van der Waals surface area contributed by atoms with Crippen LogP contribution >= 0.6 is 28.5 Å². The Labute approximate surface area is 77.1 Å². The van der Waals surface area contributed by atoms with Gasteiger partial charge in [0, 0.05) is 6.61 Å². The van der Waals surface area contributed by atoms with Crippen molar-refractivity contribution in [2.24, 2.45) is 0 Å². The highest BCUT2D eigenvalue weighted by molar-refractivity contribution is 14.2. The first kappa shape index (κ1) is 11.1. The van der Waals surface area contributed by atoms with Crippen LogP contribution in [-0.2, 0) is 4.52 Å². The molecule has 10 heavy (non-hydrogen) atoms. The van der Waals surface area contributed by atoms with Gasteiger partial charge < -0.3 is 9.63 Å². The predicted octanol–water partition coefficient (Wildman–Crippen LogP) is 2.50. The predicted molar refractivity (Wildman–Crippen MR) is 53.8 cm³/mol. The zero-order valence-electron chi connectivity index (χ0n) is 5.98. The lowest BCUT2D eigenvalue weighted by Gasteiger charge is -1.98. The van der Waals surface area contributed by atoms with E-state index >= 15 is 0 Å². The van der Waals surface area contributed by atoms with Crippen molar-refractivity contribution in [2.75, 3.05) is 13.2 Å². The van der Waals surface area contributed by atoms with E-state index in [1.165, 1.54) is 6.42 Å². The lowest BCUT2D eigenvalue weighted by molar-refractivity contribution is 0.278. The molecule has 2 nitrogen and oxygen atoms in total. The minimum Gasteiger partial charge on any atom is -0.396 e. The van der Waals surface area contributed by atoms with Gasteiger partial charge in [-0.05, 0) is 34.9 Å². The van der Waals surface area contributed by atoms with Crippen LogP contribution in [0.5, 0.6) is 0 Å². The maximum absolute atomic E-state index is 8.44. The molecular weight excluding hydrogens is 262 g/mol. The molecule has 0 saturated carbocycles. The monoisotopic (exact) mass is 276 g/mol. The molecule has 0 amide bonds. The SMILES string of the molecule is OCCCCCCOPI. The molecule has 0 radical (unpaired) electrons. The molecule has 0 spiro atoms. The Hall–Kier alpha value is 1.08. The molecule has 1 atom stereocenters. The summed E-state index contributed by atoms with van der Waals surface area (Å²) >= 11 is 2.22. The number of rotatable bonds is 7. The van der Waals surface area contributed by atoms with Gasteiger partial charge in [-0.2, -0.15) is 0 Å². The van der Waals surface area contributed by atoms with Gasteiger partial charge >= 0.3 is 0 Å². The molecule has 1 N–H and O–H groups in total. The standard InChI is InChI=1S/C6H14IO2P/c7-10-9-6-4-2-1-3-5-8/h8,10H,1-6H2. The second-order valence-electron chi connectivity index (χ2n) is 2.06. The average Bonchev–Trinajstić information content (AvgIpc) is 1.97. The lowest BCUT2D eigenvalue weighted by atomic mass is 10.2. The molecule has 0 fully saturated rings. The summed E-state index contributed by atoms with van der Waals surface area (Å²) in [5.74, 6) is 0. The molecule has 0 saturated heterocycles. The second-order valence-corrected chi connectivity index (χ2v) is 3.83. The van der Waals surface area contributed by atoms with Crippen LogP contribution in [-0.4, -0.2) is 18.3 Å². The van der Waals surface area contributed by atoms with E-state index in [0.29, 0.717) is 13.1 Å². The van der Waals surface area contributed by atoms with Crippen LogP contribution in [0.3, 0.4) is 0 Å². The highest BCUT2D eigenvalue weighted by Gasteiger charge is 1.88. The average molecular weight is 276 g/mol. The molecule has 0 aliphatic rings. The van der Waals surface area contributed by atoms with E-state index in [1.54, 1.807) is 0 Å². The van der Waals surface area contributed by atoms with Gasteiger partial charge in [-0.1, -0.05) is 12.8 Å². The Morgan fingerprint density at radius 1 is 1.20 bits per heavy atom. The third-order valence-electron chi connectivity index (χ3n) is 1.21. The minimum atomic E-state index is 0.328. The Kier molecular flexibility index (Phi) is 11.2. The second kappa shape index (κ2) is 10.1. The number of hydrogen-bond donors (Lipinski definition) is 1. The number of unbranched alkanes of at least 4 members (excludes halogenated alkanes) is 3. The zero-order chi connectivity index (χ0) is 7.66. The summed E-state index contributed by atoms with van der Waals surface area (Å²) in [5, 5.41) is 8.44. The molecule has 0 rings (SSSR count). The normalized spacial score (nSPS) is 11.4. The molecule has 1 unspecified atom stereocenters. The molecule has 0 aliphatic carbocycles. The van der Waals surface area contributed by atoms with Crippen LogP contribution in [0.25, 0.3) is 0 Å². The molecule has 4 heteroatoms. The van der Waals surface area contributed by atoms with Gasteiger partial charge in [-0.3, -0.25) is 0 Å². The molecular formula is C6H14IO2P. The van der Waals surface area contributed by atoms with E-state index in [0.717, 1.165) is 25.9 Å². The van der Waals surface area contributed by atoms with Gasteiger partial charge in [0.15, 0.2) is 0 Å². The first-order chi connectivity index (χ1) is 4.91. The van der Waals surface area contributed by atoms with Crippen LogP contribution in [0.4, 0.5) is 0 Å². The van der Waals surface area contributed by atoms with Gasteiger partial charge in [-0.15, -0.1) is 0 Å². The summed E-state index contributed by atoms with van der Waals surface area (Å²) in [4.78, 5) is 0. The van der Waals surface area contributed by atoms with E-state index in [4.69, 9.17) is 9.63 Å². The first-order valence-corrected chi connectivity index (χ1v) is 7.52. The molecule has 0 aliphatic heterocycles. The van der Waals surface area contributed by atoms with Crippen LogP contribution < -0.4 is 0 Å². The van der Waals surface area contributed by atoms with Gasteiger partial charge in [0.05, 0.1) is 13.1 Å². The number of halogens is 1. The Bertz CT molecular complexity index is 55.7. The highest BCUT2D eigenvalue weighted by Crippen LogP contribution is 2.21. The van der Waals surface area contributed by atoms with E-state index in [-0.39, 0.29) is 0 Å². The fourth-order valence-corrected chi connectivity index (χ4v) is 1.56. The van der Waals surface area contributed by atoms with E-state index in [1.807, 2.05) is 0 Å². The summed E-state index contributed by atoms with van der Waals surface area (Å²) in [7, 11) is 0. The summed E-state index contributed by atoms with van der Waals surface area (Å²) in [6, 6.07) is 0. The first-order valence-electron chi connectivity index (χ1n) is 3.50. The van der Waals surface area contributed by atoms with Crippen molar-refractivity contribution in [3.8, 4) is 0 Å². The van der Waals surface area contributed by atoms with Gasteiger partial charge in [0.2, 0.25) is 0 Å². The largest absolute Gasteiger partial charge is 0.396 e. The maximum atomic E-state index is 8.44. The molecule has 62 valence electrons. The van der Waals surface area contributed by atoms with Gasteiger partial charge in [0.1, 0.15) is 0 Å². The van der Waals surface area contributed by atoms with Crippen molar-refractivity contribution in [1.82, 2.24) is 0 Å². The molecule has 0 aromatic carbocycles. The molecule has 0 bridgehead atoms. The topological polar surface area (TPSA) is 29.5 Å². The van der Waals surface area contributed by atoms with Gasteiger partial charge in [0.25, 0.3) is 0 Å². The van der Waals surface area contributed by atoms with Crippen molar-refractivity contribution >= 4 is 28.5 Å². The van der Waals surface area contributed by atoms with Crippen molar-refractivity contribution in [2.45, 2.75) is 25.7 Å². The lowest BCUT2D eigenvalue weighted by Crippen LogP contribution is -1.87. The minimum absolute atomic E-state index is 0.328. The van der Waals surface area contributed by atoms with Crippen LogP contribution in [0.2, 0.25) is 0 Å². The maximum Gasteiger partial charge on any atom is 0.0793 e. The highest BCUT2D eigenvalue weighted by atomic mass is 127. The Morgan fingerprint density at radius 2 is 1.90 bits per heavy atom. The fourth-order valence-electron chi connectivity index (χ4n) is 0.678. The third-order valence-corrected chi connectivity index (χ3v) is 2.46. The number of hydrogen-bond acceptors (Lipinski definition) is 2. The fraction of sp³-hybridized carbons (Fsp3) is 1.00. The van der Waals surface area contributed by atoms with Gasteiger partial charge in [-0.25, -0.2) is 0 Å². The van der Waals surface area contributed by atoms with Crippen molar-refractivity contribution in [3.63, 3.8) is 0 Å². The summed E-state index contributed by atoms with van der Waals surface area (Å²) in [6.45, 7) is 1.80. The molecule has 0 aromatic rings. The Balaban J connectivity index is 2.65. The van der Waals surface area contributed by atoms with Crippen LogP contribution in [0.1, 0.15) is 25.7 Å². The molecule has 0 aromatic heterocycles. The van der Waals surface area contributed by atoms with E-state index < -0.39 is 0 Å². The van der Waals surface area contributed by atoms with Crippen LogP contribution in [0, 0.1) is 0 Å². The summed E-state index contributed by atoms with van der Waals surface area (Å²) < 4.78 is 5.17. The van der Waals surface area contributed by atoms with Crippen molar-refractivity contribution in [3.05, 3.63) is 0 Å². The quantitative estimate of drug-likeness (QED) is 0.440. The van der Waals surface area contributed by atoms with Crippen molar-refractivity contribution < 1.29 is 9.63 Å². The zero-order valence-corrected chi connectivity index (χ0v) is 9.13. The summed E-state index contributed by atoms with van der Waals surface area (Å²) in [5.41, 5.74) is 0. The van der Waals surface area contributed by atoms with Crippen LogP contribution in [0.15, 0.2) is 0 Å². The summed E-state index contributed by atoms with van der Waals surface area (Å²) in [6.07, 6.45) is 4.38. The van der Waals surface area contributed by atoms with E-state index in [2.05, 4.69) is 22.0 Å². The van der Waals surface area contributed by atoms with Crippen molar-refractivity contribution in [1.29, 1.82) is 0 Å².